The molecule has 5 heteroatoms. The smallest absolute Gasteiger partial charge is 0.194 e. The summed E-state index contributed by atoms with van der Waals surface area (Å²) in [6.45, 7) is 3.14. The number of nitrogens with one attached hydrogen (secondary N) is 1. The van der Waals surface area contributed by atoms with E-state index >= 15 is 0 Å². The lowest BCUT2D eigenvalue weighted by molar-refractivity contribution is 0.124. The normalized spacial score (nSPS) is 27.5. The molecule has 2 nitrogen and oxygen atoms in total. The van der Waals surface area contributed by atoms with Gasteiger partial charge < -0.3 is 5.32 Å². The molecule has 0 amide bonds. The average Bonchev–Trinajstić information content (AvgIpc) is 2.74. The Morgan fingerprint density at radius 2 is 1.95 bits per heavy atom. The summed E-state index contributed by atoms with van der Waals surface area (Å²) in [7, 11) is 0. The number of rotatable bonds is 2. The van der Waals surface area contributed by atoms with Gasteiger partial charge in [0.15, 0.2) is 17.5 Å². The van der Waals surface area contributed by atoms with Crippen molar-refractivity contribution in [2.75, 3.05) is 19.6 Å². The molecule has 1 aromatic rings. The summed E-state index contributed by atoms with van der Waals surface area (Å²) < 4.78 is 39.9. The van der Waals surface area contributed by atoms with E-state index in [0.29, 0.717) is 18.5 Å². The zero-order valence-corrected chi connectivity index (χ0v) is 10.6. The minimum Gasteiger partial charge on any atom is -0.315 e. The van der Waals surface area contributed by atoms with Crippen molar-refractivity contribution in [3.8, 4) is 0 Å². The zero-order chi connectivity index (χ0) is 13.4. The summed E-state index contributed by atoms with van der Waals surface area (Å²) in [6, 6.07) is 2.72. The molecule has 3 fully saturated rings. The van der Waals surface area contributed by atoms with E-state index in [-0.39, 0.29) is 5.56 Å². The number of halogens is 3. The van der Waals surface area contributed by atoms with E-state index in [2.05, 4.69) is 10.2 Å². The van der Waals surface area contributed by atoms with Crippen molar-refractivity contribution in [2.45, 2.75) is 25.4 Å². The van der Waals surface area contributed by atoms with Crippen molar-refractivity contribution in [2.24, 2.45) is 5.92 Å². The van der Waals surface area contributed by atoms with E-state index in [1.807, 2.05) is 0 Å². The molecule has 1 aromatic carbocycles. The third-order valence-electron chi connectivity index (χ3n) is 4.22. The van der Waals surface area contributed by atoms with Crippen LogP contribution in [0.2, 0.25) is 0 Å². The molecule has 3 aliphatic rings. The first-order valence-corrected chi connectivity index (χ1v) is 6.72. The molecular weight excluding hydrogens is 253 g/mol. The fourth-order valence-corrected chi connectivity index (χ4v) is 3.13. The van der Waals surface area contributed by atoms with Gasteiger partial charge in [-0.1, -0.05) is 6.07 Å². The Labute approximate surface area is 110 Å². The van der Waals surface area contributed by atoms with Crippen molar-refractivity contribution in [3.63, 3.8) is 0 Å². The molecule has 3 aliphatic heterocycles. The molecule has 19 heavy (non-hydrogen) atoms. The van der Waals surface area contributed by atoms with Crippen molar-refractivity contribution >= 4 is 0 Å². The number of piperidine rings is 1. The lowest BCUT2D eigenvalue weighted by Crippen LogP contribution is -2.43. The molecule has 0 aromatic heterocycles. The number of fused-ring (bicyclic) bond motifs is 4. The topological polar surface area (TPSA) is 15.3 Å². The number of benzene rings is 1. The van der Waals surface area contributed by atoms with Crippen LogP contribution in [-0.4, -0.2) is 30.6 Å². The van der Waals surface area contributed by atoms with E-state index in [1.54, 1.807) is 0 Å². The highest BCUT2D eigenvalue weighted by Gasteiger charge is 2.31. The van der Waals surface area contributed by atoms with Gasteiger partial charge in [0.1, 0.15) is 0 Å². The maximum atomic E-state index is 13.7. The van der Waals surface area contributed by atoms with Crippen molar-refractivity contribution in [1.82, 2.24) is 10.2 Å². The van der Waals surface area contributed by atoms with Crippen LogP contribution in [0.4, 0.5) is 13.2 Å². The second-order valence-corrected chi connectivity index (χ2v) is 5.52. The quantitative estimate of drug-likeness (QED) is 0.829. The third kappa shape index (κ3) is 2.49. The Morgan fingerprint density at radius 1 is 1.11 bits per heavy atom. The molecule has 1 N–H and O–H groups in total. The predicted molar refractivity (Wildman–Crippen MR) is 66.1 cm³/mol. The highest BCUT2D eigenvalue weighted by Crippen LogP contribution is 2.27. The van der Waals surface area contributed by atoms with Crippen molar-refractivity contribution in [3.05, 3.63) is 35.1 Å². The van der Waals surface area contributed by atoms with Crippen LogP contribution in [0.3, 0.4) is 0 Å². The maximum absolute atomic E-state index is 13.7. The number of hydrogen-bond acceptors (Lipinski definition) is 2. The minimum atomic E-state index is -1.37. The molecule has 0 saturated carbocycles. The number of hydrogen-bond donors (Lipinski definition) is 1. The molecule has 0 spiro atoms. The Morgan fingerprint density at radius 3 is 2.79 bits per heavy atom. The summed E-state index contributed by atoms with van der Waals surface area (Å²) in [5.74, 6) is -2.96. The second kappa shape index (κ2) is 5.13. The van der Waals surface area contributed by atoms with Crippen LogP contribution in [0.15, 0.2) is 12.1 Å². The van der Waals surface area contributed by atoms with Crippen LogP contribution in [0.5, 0.6) is 0 Å². The Hall–Kier alpha value is -1.07. The van der Waals surface area contributed by atoms with Gasteiger partial charge >= 0.3 is 0 Å². The number of nitrogens with zero attached hydrogens (tertiary/aromatic N) is 1. The van der Waals surface area contributed by atoms with Crippen LogP contribution >= 0.6 is 0 Å². The molecule has 0 radical (unpaired) electrons. The van der Waals surface area contributed by atoms with E-state index in [1.165, 1.54) is 12.5 Å². The van der Waals surface area contributed by atoms with Crippen molar-refractivity contribution in [1.29, 1.82) is 0 Å². The summed E-state index contributed by atoms with van der Waals surface area (Å²) in [6.07, 6.45) is 2.28. The predicted octanol–water partition coefficient (Wildman–Crippen LogP) is 2.29. The van der Waals surface area contributed by atoms with Gasteiger partial charge in [0.25, 0.3) is 0 Å². The fraction of sp³-hybridized carbons (Fsp3) is 0.571. The maximum Gasteiger partial charge on any atom is 0.194 e. The van der Waals surface area contributed by atoms with Crippen LogP contribution < -0.4 is 5.32 Å². The lowest BCUT2D eigenvalue weighted by Gasteiger charge is -2.36. The van der Waals surface area contributed by atoms with Crippen LogP contribution in [0.25, 0.3) is 0 Å². The van der Waals surface area contributed by atoms with E-state index < -0.39 is 17.5 Å². The fourth-order valence-electron chi connectivity index (χ4n) is 3.13. The molecule has 104 valence electrons. The standard InChI is InChI=1S/C14H17F3N2/c15-12-4-2-10(13(16)14(12)17)8-19-7-9-1-3-11(19)6-18-5-9/h2,4,9,11,18H,1,3,5-8H2/t9-,11+/m0/s1. The van der Waals surface area contributed by atoms with Crippen LogP contribution in [-0.2, 0) is 6.54 Å². The molecule has 0 unspecified atom stereocenters. The Kier molecular flexibility index (Phi) is 3.50. The monoisotopic (exact) mass is 270 g/mol. The first-order valence-electron chi connectivity index (χ1n) is 6.72. The van der Waals surface area contributed by atoms with E-state index in [0.717, 1.165) is 32.1 Å². The molecule has 2 bridgehead atoms. The first kappa shape index (κ1) is 12.9. The highest BCUT2D eigenvalue weighted by molar-refractivity contribution is 5.20. The molecule has 0 aliphatic carbocycles. The van der Waals surface area contributed by atoms with Gasteiger partial charge in [-0.3, -0.25) is 4.90 Å². The van der Waals surface area contributed by atoms with Gasteiger partial charge in [-0.05, 0) is 31.4 Å². The molecule has 4 rings (SSSR count). The largest absolute Gasteiger partial charge is 0.315 e. The first-order chi connectivity index (χ1) is 9.15. The molecule has 2 atom stereocenters. The lowest BCUT2D eigenvalue weighted by atomic mass is 9.94. The van der Waals surface area contributed by atoms with E-state index in [4.69, 9.17) is 0 Å². The van der Waals surface area contributed by atoms with Gasteiger partial charge in [0, 0.05) is 31.2 Å². The summed E-state index contributed by atoms with van der Waals surface area (Å²) in [4.78, 5) is 2.18. The van der Waals surface area contributed by atoms with Gasteiger partial charge in [-0.25, -0.2) is 13.2 Å². The third-order valence-corrected chi connectivity index (χ3v) is 4.22. The van der Waals surface area contributed by atoms with Crippen LogP contribution in [0, 0.1) is 23.4 Å². The molecular formula is C14H17F3N2. The van der Waals surface area contributed by atoms with E-state index in [9.17, 15) is 13.2 Å². The van der Waals surface area contributed by atoms with Crippen LogP contribution in [0.1, 0.15) is 18.4 Å². The summed E-state index contributed by atoms with van der Waals surface area (Å²) in [5.41, 5.74) is 0.242. The van der Waals surface area contributed by atoms with Gasteiger partial charge in [-0.15, -0.1) is 0 Å². The average molecular weight is 270 g/mol. The van der Waals surface area contributed by atoms with Gasteiger partial charge in [-0.2, -0.15) is 0 Å². The zero-order valence-electron chi connectivity index (χ0n) is 10.6. The summed E-state index contributed by atoms with van der Waals surface area (Å²) in [5, 5.41) is 3.39. The second-order valence-electron chi connectivity index (χ2n) is 5.52. The Balaban J connectivity index is 1.80. The van der Waals surface area contributed by atoms with Crippen molar-refractivity contribution < 1.29 is 13.2 Å². The molecule has 3 heterocycles. The highest BCUT2D eigenvalue weighted by atomic mass is 19.2. The SMILES string of the molecule is Fc1ccc(CN2C[C@H]3CC[C@@H]2CNC3)c(F)c1F. The summed E-state index contributed by atoms with van der Waals surface area (Å²) >= 11 is 0. The minimum absolute atomic E-state index is 0.242. The Bertz CT molecular complexity index is 474. The molecule has 3 saturated heterocycles. The van der Waals surface area contributed by atoms with Gasteiger partial charge in [0.05, 0.1) is 0 Å². The van der Waals surface area contributed by atoms with Gasteiger partial charge in [0.2, 0.25) is 0 Å².